The molecule has 0 radical (unpaired) electrons. The lowest BCUT2D eigenvalue weighted by atomic mass is 9.93. The number of carbonyl (C=O) groups excluding carboxylic acids is 3. The van der Waals surface area contributed by atoms with Gasteiger partial charge in [0.1, 0.15) is 0 Å². The summed E-state index contributed by atoms with van der Waals surface area (Å²) in [5.74, 6) is -1.59. The van der Waals surface area contributed by atoms with Gasteiger partial charge in [0.05, 0.1) is 12.2 Å². The van der Waals surface area contributed by atoms with Crippen LogP contribution in [0.5, 0.6) is 0 Å². The first kappa shape index (κ1) is 17.4. The minimum Gasteiger partial charge on any atom is -0.456 e. The molecule has 1 heterocycles. The van der Waals surface area contributed by atoms with Crippen LogP contribution in [-0.2, 0) is 33.3 Å². The molecule has 1 aliphatic heterocycles. The maximum atomic E-state index is 11.3. The van der Waals surface area contributed by atoms with E-state index in [2.05, 4.69) is 0 Å². The van der Waals surface area contributed by atoms with Gasteiger partial charge < -0.3 is 18.9 Å². The summed E-state index contributed by atoms with van der Waals surface area (Å²) >= 11 is 0. The van der Waals surface area contributed by atoms with Crippen molar-refractivity contribution in [3.8, 4) is 0 Å². The van der Waals surface area contributed by atoms with Crippen molar-refractivity contribution in [2.45, 2.75) is 71.6 Å². The van der Waals surface area contributed by atoms with Crippen molar-refractivity contribution < 1.29 is 33.3 Å². The Bertz CT molecular complexity index is 406. The van der Waals surface area contributed by atoms with Crippen LogP contribution in [0.2, 0.25) is 0 Å². The molecule has 0 saturated carbocycles. The molecule has 120 valence electrons. The topological polar surface area (TPSA) is 88.1 Å². The molecule has 1 rings (SSSR count). The zero-order valence-corrected chi connectivity index (χ0v) is 13.0. The maximum absolute atomic E-state index is 11.3. The van der Waals surface area contributed by atoms with Gasteiger partial charge in [-0.3, -0.25) is 14.4 Å². The number of rotatable bonds is 4. The maximum Gasteiger partial charge on any atom is 0.303 e. The van der Waals surface area contributed by atoms with E-state index < -0.39 is 48.4 Å². The molecule has 0 unspecified atom stereocenters. The molecular weight excluding hydrogens is 280 g/mol. The lowest BCUT2D eigenvalue weighted by Gasteiger charge is -2.43. The third-order valence-corrected chi connectivity index (χ3v) is 3.17. The molecule has 5 atom stereocenters. The molecular formula is C14H22O7. The molecule has 0 N–H and O–H groups in total. The number of hydrogen-bond acceptors (Lipinski definition) is 7. The lowest BCUT2D eigenvalue weighted by molar-refractivity contribution is -0.243. The van der Waals surface area contributed by atoms with Gasteiger partial charge in [-0.15, -0.1) is 0 Å². The molecule has 0 aromatic carbocycles. The monoisotopic (exact) mass is 302 g/mol. The van der Waals surface area contributed by atoms with Crippen molar-refractivity contribution in [3.05, 3.63) is 0 Å². The van der Waals surface area contributed by atoms with E-state index in [4.69, 9.17) is 18.9 Å². The van der Waals surface area contributed by atoms with Gasteiger partial charge >= 0.3 is 17.9 Å². The van der Waals surface area contributed by atoms with Gasteiger partial charge in [0, 0.05) is 20.8 Å². The van der Waals surface area contributed by atoms with Crippen LogP contribution < -0.4 is 0 Å². The highest BCUT2D eigenvalue weighted by molar-refractivity contribution is 5.68. The molecule has 0 aromatic rings. The highest BCUT2D eigenvalue weighted by Crippen LogP contribution is 2.29. The van der Waals surface area contributed by atoms with Crippen molar-refractivity contribution in [1.29, 1.82) is 0 Å². The third kappa shape index (κ3) is 4.70. The number of carbonyl (C=O) groups is 3. The minimum atomic E-state index is -0.885. The van der Waals surface area contributed by atoms with E-state index >= 15 is 0 Å². The standard InChI is InChI=1S/C14H22O7/c1-6-11-13(20-9(4)16)14(21-10(5)17)12(7(2)18-11)19-8(3)15/h7,11-14H,6H2,1-5H3/t7-,11+,12+,13+,14+/m0/s1. The Hall–Kier alpha value is -1.63. The van der Waals surface area contributed by atoms with Gasteiger partial charge in [-0.2, -0.15) is 0 Å². The fourth-order valence-electron chi connectivity index (χ4n) is 2.44. The first-order valence-electron chi connectivity index (χ1n) is 6.93. The Kier molecular flexibility index (Phi) is 6.14. The SMILES string of the molecule is CC[C@H]1O[C@@H](C)[C@@H](OC(C)=O)[C@@H](OC(C)=O)[C@@H]1OC(C)=O. The van der Waals surface area contributed by atoms with Gasteiger partial charge in [-0.25, -0.2) is 0 Å². The van der Waals surface area contributed by atoms with Crippen LogP contribution >= 0.6 is 0 Å². The second-order valence-electron chi connectivity index (χ2n) is 5.01. The molecule has 0 bridgehead atoms. The quantitative estimate of drug-likeness (QED) is 0.565. The van der Waals surface area contributed by atoms with Gasteiger partial charge in [-0.1, -0.05) is 6.92 Å². The molecule has 0 aromatic heterocycles. The van der Waals surface area contributed by atoms with Crippen LogP contribution in [0.1, 0.15) is 41.0 Å². The summed E-state index contributed by atoms with van der Waals surface area (Å²) in [5, 5.41) is 0. The van der Waals surface area contributed by atoms with Crippen molar-refractivity contribution in [2.75, 3.05) is 0 Å². The van der Waals surface area contributed by atoms with Crippen molar-refractivity contribution in [2.24, 2.45) is 0 Å². The predicted octanol–water partition coefficient (Wildman–Crippen LogP) is 0.979. The van der Waals surface area contributed by atoms with E-state index in [1.54, 1.807) is 6.92 Å². The lowest BCUT2D eigenvalue weighted by Crippen LogP contribution is -2.60. The molecule has 0 amide bonds. The zero-order chi connectivity index (χ0) is 16.2. The van der Waals surface area contributed by atoms with Gasteiger partial charge in [0.2, 0.25) is 0 Å². The zero-order valence-electron chi connectivity index (χ0n) is 13.0. The predicted molar refractivity (Wildman–Crippen MR) is 71.3 cm³/mol. The highest BCUT2D eigenvalue weighted by Gasteiger charge is 2.49. The number of ether oxygens (including phenoxy) is 4. The second-order valence-corrected chi connectivity index (χ2v) is 5.01. The molecule has 1 aliphatic rings. The summed E-state index contributed by atoms with van der Waals surface area (Å²) in [5.41, 5.74) is 0. The highest BCUT2D eigenvalue weighted by atomic mass is 16.6. The fourth-order valence-corrected chi connectivity index (χ4v) is 2.44. The molecule has 0 aliphatic carbocycles. The summed E-state index contributed by atoms with van der Waals surface area (Å²) in [4.78, 5) is 33.9. The van der Waals surface area contributed by atoms with Crippen LogP contribution in [0.3, 0.4) is 0 Å². The molecule has 7 nitrogen and oxygen atoms in total. The summed E-state index contributed by atoms with van der Waals surface area (Å²) in [6.45, 7) is 7.35. The van der Waals surface area contributed by atoms with Gasteiger partial charge in [-0.05, 0) is 13.3 Å². The molecule has 7 heteroatoms. The average molecular weight is 302 g/mol. The Morgan fingerprint density at radius 1 is 0.857 bits per heavy atom. The van der Waals surface area contributed by atoms with Gasteiger partial charge in [0.25, 0.3) is 0 Å². The Morgan fingerprint density at radius 2 is 1.29 bits per heavy atom. The van der Waals surface area contributed by atoms with Crippen LogP contribution in [-0.4, -0.2) is 48.4 Å². The Balaban J connectivity index is 3.08. The van der Waals surface area contributed by atoms with Gasteiger partial charge in [0.15, 0.2) is 18.3 Å². The van der Waals surface area contributed by atoms with E-state index in [0.29, 0.717) is 6.42 Å². The smallest absolute Gasteiger partial charge is 0.303 e. The Morgan fingerprint density at radius 3 is 1.71 bits per heavy atom. The number of esters is 3. The Labute approximate surface area is 123 Å². The number of hydrogen-bond donors (Lipinski definition) is 0. The molecule has 21 heavy (non-hydrogen) atoms. The van der Waals surface area contributed by atoms with Crippen LogP contribution in [0.25, 0.3) is 0 Å². The minimum absolute atomic E-state index is 0.431. The summed E-state index contributed by atoms with van der Waals surface area (Å²) in [7, 11) is 0. The van der Waals surface area contributed by atoms with E-state index in [1.807, 2.05) is 6.92 Å². The van der Waals surface area contributed by atoms with Crippen molar-refractivity contribution in [1.82, 2.24) is 0 Å². The van der Waals surface area contributed by atoms with Crippen LogP contribution in [0.4, 0.5) is 0 Å². The largest absolute Gasteiger partial charge is 0.456 e. The van der Waals surface area contributed by atoms with E-state index in [-0.39, 0.29) is 0 Å². The summed E-state index contributed by atoms with van der Waals surface area (Å²) in [6.07, 6.45) is -2.86. The second kappa shape index (κ2) is 7.40. The normalized spacial score (nSPS) is 32.1. The summed E-state index contributed by atoms with van der Waals surface area (Å²) < 4.78 is 21.4. The van der Waals surface area contributed by atoms with Crippen LogP contribution in [0, 0.1) is 0 Å². The van der Waals surface area contributed by atoms with Crippen molar-refractivity contribution >= 4 is 17.9 Å². The van der Waals surface area contributed by atoms with Crippen molar-refractivity contribution in [3.63, 3.8) is 0 Å². The third-order valence-electron chi connectivity index (χ3n) is 3.17. The molecule has 1 saturated heterocycles. The summed E-state index contributed by atoms with van der Waals surface area (Å²) in [6, 6.07) is 0. The average Bonchev–Trinajstić information content (AvgIpc) is 2.35. The molecule has 0 spiro atoms. The first-order valence-corrected chi connectivity index (χ1v) is 6.93. The molecule has 1 fully saturated rings. The van der Waals surface area contributed by atoms with E-state index in [9.17, 15) is 14.4 Å². The van der Waals surface area contributed by atoms with Crippen LogP contribution in [0.15, 0.2) is 0 Å². The fraction of sp³-hybridized carbons (Fsp3) is 0.786. The van der Waals surface area contributed by atoms with E-state index in [0.717, 1.165) is 0 Å². The first-order chi connectivity index (χ1) is 9.76. The van der Waals surface area contributed by atoms with E-state index in [1.165, 1.54) is 20.8 Å².